The highest BCUT2D eigenvalue weighted by Gasteiger charge is 2.35. The van der Waals surface area contributed by atoms with Crippen LogP contribution in [0.2, 0.25) is 10.0 Å². The number of benzene rings is 2. The van der Waals surface area contributed by atoms with E-state index in [1.54, 1.807) is 59.4 Å². The van der Waals surface area contributed by atoms with Crippen molar-refractivity contribution in [1.82, 2.24) is 9.47 Å². The topological polar surface area (TPSA) is 85.5 Å². The molecule has 4 rings (SSSR count). The number of nitrogens with zero attached hydrogens (tertiary/aromatic N) is 3. The highest BCUT2D eigenvalue weighted by atomic mass is 35.5. The highest BCUT2D eigenvalue weighted by Crippen LogP contribution is 2.34. The van der Waals surface area contributed by atoms with E-state index in [1.807, 2.05) is 0 Å². The number of nitro benzene ring substituents is 1. The molecule has 7 nitrogen and oxygen atoms in total. The van der Waals surface area contributed by atoms with Crippen LogP contribution in [0.15, 0.2) is 65.8 Å². The van der Waals surface area contributed by atoms with Gasteiger partial charge in [0.1, 0.15) is 0 Å². The molecule has 0 saturated carbocycles. The molecule has 0 aliphatic carbocycles. The summed E-state index contributed by atoms with van der Waals surface area (Å²) in [6.07, 6.45) is 5.07. The molecule has 2 aromatic carbocycles. The van der Waals surface area contributed by atoms with Gasteiger partial charge in [-0.25, -0.2) is 0 Å². The molecule has 1 aliphatic heterocycles. The zero-order valence-corrected chi connectivity index (χ0v) is 18.0. The van der Waals surface area contributed by atoms with E-state index in [0.717, 1.165) is 16.7 Å². The molecular formula is C21H13Cl2N3O4S. The average Bonchev–Trinajstić information content (AvgIpc) is 3.31. The second-order valence-electron chi connectivity index (χ2n) is 6.65. The predicted molar refractivity (Wildman–Crippen MR) is 120 cm³/mol. The number of nitro groups is 1. The summed E-state index contributed by atoms with van der Waals surface area (Å²) in [5.41, 5.74) is 1.97. The van der Waals surface area contributed by atoms with E-state index in [-0.39, 0.29) is 17.5 Å². The summed E-state index contributed by atoms with van der Waals surface area (Å²) in [5.74, 6) is -0.399. The van der Waals surface area contributed by atoms with Crippen molar-refractivity contribution in [3.05, 3.63) is 97.1 Å². The van der Waals surface area contributed by atoms with Gasteiger partial charge in [0, 0.05) is 24.5 Å². The Labute approximate surface area is 191 Å². The van der Waals surface area contributed by atoms with Crippen LogP contribution >= 0.6 is 35.0 Å². The van der Waals surface area contributed by atoms with E-state index in [0.29, 0.717) is 31.8 Å². The molecular weight excluding hydrogens is 461 g/mol. The maximum Gasteiger partial charge on any atom is 0.293 e. The molecule has 0 unspecified atom stereocenters. The van der Waals surface area contributed by atoms with Gasteiger partial charge in [0.15, 0.2) is 0 Å². The predicted octanol–water partition coefficient (Wildman–Crippen LogP) is 5.93. The Morgan fingerprint density at radius 1 is 1.06 bits per heavy atom. The maximum absolute atomic E-state index is 12.7. The number of rotatable bonds is 5. The molecule has 0 bridgehead atoms. The molecule has 2 amide bonds. The quantitative estimate of drug-likeness (QED) is 0.260. The fourth-order valence-corrected chi connectivity index (χ4v) is 4.19. The van der Waals surface area contributed by atoms with Gasteiger partial charge >= 0.3 is 0 Å². The van der Waals surface area contributed by atoms with Crippen LogP contribution in [0.1, 0.15) is 11.1 Å². The van der Waals surface area contributed by atoms with Gasteiger partial charge in [-0.3, -0.25) is 24.6 Å². The standard InChI is InChI=1S/C21H13Cl2N3O4S/c22-17-5-4-13(8-18(17)23)12-25-20(27)19(31-21(25)28)9-14-6-7-24(11-14)15-2-1-3-16(10-15)26(29)30/h1-11H,12H2/b19-9+. The van der Waals surface area contributed by atoms with Gasteiger partial charge in [0.25, 0.3) is 16.8 Å². The first-order chi connectivity index (χ1) is 14.8. The molecule has 2 heterocycles. The molecule has 0 N–H and O–H groups in total. The summed E-state index contributed by atoms with van der Waals surface area (Å²) in [4.78, 5) is 37.1. The number of thioether (sulfide) groups is 1. The van der Waals surface area contributed by atoms with E-state index in [9.17, 15) is 19.7 Å². The Kier molecular flexibility index (Phi) is 5.86. The monoisotopic (exact) mass is 473 g/mol. The fraction of sp³-hybridized carbons (Fsp3) is 0.0476. The summed E-state index contributed by atoms with van der Waals surface area (Å²) < 4.78 is 1.71. The first-order valence-electron chi connectivity index (χ1n) is 8.94. The van der Waals surface area contributed by atoms with Crippen molar-refractivity contribution in [2.75, 3.05) is 0 Å². The van der Waals surface area contributed by atoms with Crippen molar-refractivity contribution in [2.45, 2.75) is 6.54 Å². The molecule has 1 fully saturated rings. The van der Waals surface area contributed by atoms with Gasteiger partial charge < -0.3 is 4.57 Å². The van der Waals surface area contributed by atoms with Gasteiger partial charge in [-0.1, -0.05) is 35.3 Å². The lowest BCUT2D eigenvalue weighted by atomic mass is 10.2. The van der Waals surface area contributed by atoms with Crippen molar-refractivity contribution in [1.29, 1.82) is 0 Å². The number of halogens is 2. The van der Waals surface area contributed by atoms with Crippen LogP contribution in [0.4, 0.5) is 10.5 Å². The molecule has 0 atom stereocenters. The summed E-state index contributed by atoms with van der Waals surface area (Å²) in [5, 5.41) is 11.4. The minimum absolute atomic E-state index is 0.0174. The van der Waals surface area contributed by atoms with Crippen LogP contribution in [-0.2, 0) is 11.3 Å². The number of imide groups is 1. The lowest BCUT2D eigenvalue weighted by Gasteiger charge is -2.12. The minimum atomic E-state index is -0.461. The molecule has 10 heteroatoms. The largest absolute Gasteiger partial charge is 0.323 e. The van der Waals surface area contributed by atoms with E-state index in [1.165, 1.54) is 12.1 Å². The number of non-ortho nitro benzene ring substituents is 1. The molecule has 31 heavy (non-hydrogen) atoms. The van der Waals surface area contributed by atoms with E-state index >= 15 is 0 Å². The number of carbonyl (C=O) groups excluding carboxylic acids is 2. The van der Waals surface area contributed by atoms with Gasteiger partial charge in [-0.15, -0.1) is 0 Å². The Morgan fingerprint density at radius 3 is 2.61 bits per heavy atom. The van der Waals surface area contributed by atoms with Crippen molar-refractivity contribution >= 4 is 57.9 Å². The fourth-order valence-electron chi connectivity index (χ4n) is 3.03. The van der Waals surface area contributed by atoms with E-state index in [2.05, 4.69) is 0 Å². The SMILES string of the molecule is O=C1S/C(=C/c2ccn(-c3cccc([N+](=O)[O-])c3)c2)C(=O)N1Cc1ccc(Cl)c(Cl)c1. The van der Waals surface area contributed by atoms with Gasteiger partial charge in [0.05, 0.1) is 32.1 Å². The first kappa shape index (κ1) is 21.2. The molecule has 1 aliphatic rings. The third-order valence-corrected chi connectivity index (χ3v) is 6.20. The normalized spacial score (nSPS) is 15.2. The van der Waals surface area contributed by atoms with Gasteiger partial charge in [0.2, 0.25) is 0 Å². The van der Waals surface area contributed by atoms with Crippen LogP contribution in [0.3, 0.4) is 0 Å². The number of hydrogen-bond acceptors (Lipinski definition) is 5. The maximum atomic E-state index is 12.7. The molecule has 3 aromatic rings. The zero-order chi connectivity index (χ0) is 22.1. The van der Waals surface area contributed by atoms with Crippen LogP contribution in [-0.4, -0.2) is 25.5 Å². The third-order valence-electron chi connectivity index (χ3n) is 4.55. The van der Waals surface area contributed by atoms with E-state index in [4.69, 9.17) is 23.2 Å². The number of hydrogen-bond donors (Lipinski definition) is 0. The summed E-state index contributed by atoms with van der Waals surface area (Å²) in [6.45, 7) is 0.0909. The Hall–Kier alpha value is -3.07. The summed E-state index contributed by atoms with van der Waals surface area (Å²) in [7, 11) is 0. The third kappa shape index (κ3) is 4.51. The lowest BCUT2D eigenvalue weighted by Crippen LogP contribution is -2.27. The van der Waals surface area contributed by atoms with Gasteiger partial charge in [-0.2, -0.15) is 0 Å². The second-order valence-corrected chi connectivity index (χ2v) is 8.45. The molecule has 1 saturated heterocycles. The van der Waals surface area contributed by atoms with Crippen LogP contribution in [0, 0.1) is 10.1 Å². The first-order valence-corrected chi connectivity index (χ1v) is 10.5. The van der Waals surface area contributed by atoms with Crippen molar-refractivity contribution in [3.8, 4) is 5.69 Å². The van der Waals surface area contributed by atoms with Gasteiger partial charge in [-0.05, 0) is 53.2 Å². The Bertz CT molecular complexity index is 1250. The summed E-state index contributed by atoms with van der Waals surface area (Å²) in [6, 6.07) is 12.9. The Morgan fingerprint density at radius 2 is 1.87 bits per heavy atom. The zero-order valence-electron chi connectivity index (χ0n) is 15.7. The van der Waals surface area contributed by atoms with Crippen molar-refractivity contribution < 1.29 is 14.5 Å². The number of amides is 2. The van der Waals surface area contributed by atoms with Crippen molar-refractivity contribution in [3.63, 3.8) is 0 Å². The van der Waals surface area contributed by atoms with Crippen LogP contribution < -0.4 is 0 Å². The van der Waals surface area contributed by atoms with Crippen LogP contribution in [0.5, 0.6) is 0 Å². The lowest BCUT2D eigenvalue weighted by molar-refractivity contribution is -0.384. The molecule has 156 valence electrons. The Balaban J connectivity index is 1.54. The molecule has 0 radical (unpaired) electrons. The number of aromatic nitrogens is 1. The van der Waals surface area contributed by atoms with Crippen molar-refractivity contribution in [2.24, 2.45) is 0 Å². The minimum Gasteiger partial charge on any atom is -0.323 e. The summed E-state index contributed by atoms with van der Waals surface area (Å²) >= 11 is 12.8. The molecule has 1 aromatic heterocycles. The molecule has 0 spiro atoms. The average molecular weight is 474 g/mol. The second kappa shape index (κ2) is 8.58. The van der Waals surface area contributed by atoms with Crippen LogP contribution in [0.25, 0.3) is 11.8 Å². The van der Waals surface area contributed by atoms with E-state index < -0.39 is 10.8 Å². The smallest absolute Gasteiger partial charge is 0.293 e. The highest BCUT2D eigenvalue weighted by molar-refractivity contribution is 8.18. The number of carbonyl (C=O) groups is 2.